The van der Waals surface area contributed by atoms with Crippen molar-refractivity contribution < 1.29 is 14.3 Å². The lowest BCUT2D eigenvalue weighted by Crippen LogP contribution is -2.33. The number of fused-ring (bicyclic) bond motifs is 1. The van der Waals surface area contributed by atoms with Crippen molar-refractivity contribution in [1.82, 2.24) is 15.5 Å². The Morgan fingerprint density at radius 3 is 2.67 bits per heavy atom. The number of benzene rings is 1. The van der Waals surface area contributed by atoms with Crippen LogP contribution >= 0.6 is 0 Å². The van der Waals surface area contributed by atoms with Crippen LogP contribution in [0, 0.1) is 0 Å². The fourth-order valence-corrected chi connectivity index (χ4v) is 2.97. The first-order valence-electron chi connectivity index (χ1n) is 8.09. The van der Waals surface area contributed by atoms with Crippen molar-refractivity contribution in [2.75, 3.05) is 12.1 Å². The Hall–Kier alpha value is -2.83. The average Bonchev–Trinajstić information content (AvgIpc) is 3.26. The number of nitrogens with zero attached hydrogens (tertiary/aromatic N) is 2. The van der Waals surface area contributed by atoms with E-state index in [4.69, 9.17) is 9.47 Å². The molecule has 7 nitrogen and oxygen atoms in total. The summed E-state index contributed by atoms with van der Waals surface area (Å²) in [5.41, 5.74) is 1.15. The highest BCUT2D eigenvalue weighted by Crippen LogP contribution is 2.34. The van der Waals surface area contributed by atoms with Crippen LogP contribution in [0.15, 0.2) is 30.3 Å². The number of carbonyl (C=O) groups is 1. The molecule has 1 aromatic carbocycles. The molecule has 0 radical (unpaired) electrons. The standard InChI is InChI=1S/C17H18N4O3/c22-17(19-11-3-1-2-4-11)13-6-8-16(21-20-13)18-12-5-7-14-15(9-12)24-10-23-14/h5-9,11H,1-4,10H2,(H,18,21)(H,19,22). The molecule has 0 atom stereocenters. The summed E-state index contributed by atoms with van der Waals surface area (Å²) in [6, 6.07) is 9.22. The first kappa shape index (κ1) is 14.7. The topological polar surface area (TPSA) is 85.4 Å². The fourth-order valence-electron chi connectivity index (χ4n) is 2.97. The summed E-state index contributed by atoms with van der Waals surface area (Å²) in [7, 11) is 0. The van der Waals surface area contributed by atoms with E-state index in [1.807, 2.05) is 18.2 Å². The van der Waals surface area contributed by atoms with Crippen LogP contribution in [0.3, 0.4) is 0 Å². The van der Waals surface area contributed by atoms with E-state index in [-0.39, 0.29) is 18.7 Å². The highest BCUT2D eigenvalue weighted by molar-refractivity contribution is 5.92. The molecule has 1 aliphatic heterocycles. The molecule has 0 unspecified atom stereocenters. The third kappa shape index (κ3) is 3.10. The third-order valence-corrected chi connectivity index (χ3v) is 4.23. The summed E-state index contributed by atoms with van der Waals surface area (Å²) in [6.07, 6.45) is 4.44. The van der Waals surface area contributed by atoms with E-state index in [1.54, 1.807) is 12.1 Å². The van der Waals surface area contributed by atoms with Gasteiger partial charge in [-0.1, -0.05) is 12.8 Å². The van der Waals surface area contributed by atoms with Gasteiger partial charge in [0.1, 0.15) is 0 Å². The Morgan fingerprint density at radius 1 is 1.04 bits per heavy atom. The number of aromatic nitrogens is 2. The number of amides is 1. The zero-order valence-electron chi connectivity index (χ0n) is 13.1. The molecule has 24 heavy (non-hydrogen) atoms. The van der Waals surface area contributed by atoms with Crippen LogP contribution in [-0.4, -0.2) is 28.9 Å². The summed E-state index contributed by atoms with van der Waals surface area (Å²) in [5.74, 6) is 1.82. The molecular weight excluding hydrogens is 308 g/mol. The molecule has 2 heterocycles. The van der Waals surface area contributed by atoms with Gasteiger partial charge >= 0.3 is 0 Å². The predicted octanol–water partition coefficient (Wildman–Crippen LogP) is 2.62. The molecule has 1 amide bonds. The molecule has 4 rings (SSSR count). The van der Waals surface area contributed by atoms with Gasteiger partial charge in [0.05, 0.1) is 0 Å². The molecular formula is C17H18N4O3. The lowest BCUT2D eigenvalue weighted by atomic mass is 10.2. The first-order valence-corrected chi connectivity index (χ1v) is 8.09. The van der Waals surface area contributed by atoms with Gasteiger partial charge in [0.2, 0.25) is 6.79 Å². The van der Waals surface area contributed by atoms with Crippen LogP contribution in [0.1, 0.15) is 36.2 Å². The first-order chi connectivity index (χ1) is 11.8. The minimum atomic E-state index is -0.163. The molecule has 0 spiro atoms. The maximum atomic E-state index is 12.1. The molecule has 1 fully saturated rings. The molecule has 2 aliphatic rings. The van der Waals surface area contributed by atoms with Gasteiger partial charge in [-0.3, -0.25) is 4.79 Å². The van der Waals surface area contributed by atoms with Gasteiger partial charge in [0.15, 0.2) is 23.0 Å². The highest BCUT2D eigenvalue weighted by Gasteiger charge is 2.19. The van der Waals surface area contributed by atoms with Gasteiger partial charge in [0.25, 0.3) is 5.91 Å². The molecule has 1 aliphatic carbocycles. The highest BCUT2D eigenvalue weighted by atomic mass is 16.7. The summed E-state index contributed by atoms with van der Waals surface area (Å²) in [4.78, 5) is 12.1. The van der Waals surface area contributed by atoms with Crippen LogP contribution < -0.4 is 20.1 Å². The average molecular weight is 326 g/mol. The zero-order chi connectivity index (χ0) is 16.4. The second-order valence-electron chi connectivity index (χ2n) is 5.95. The molecule has 1 saturated carbocycles. The van der Waals surface area contributed by atoms with Crippen molar-refractivity contribution in [2.24, 2.45) is 0 Å². The maximum absolute atomic E-state index is 12.1. The molecule has 2 N–H and O–H groups in total. The quantitative estimate of drug-likeness (QED) is 0.898. The number of ether oxygens (including phenoxy) is 2. The van der Waals surface area contributed by atoms with E-state index in [1.165, 1.54) is 12.8 Å². The van der Waals surface area contributed by atoms with Crippen molar-refractivity contribution in [3.05, 3.63) is 36.0 Å². The van der Waals surface area contributed by atoms with E-state index in [9.17, 15) is 4.79 Å². The Balaban J connectivity index is 1.41. The second-order valence-corrected chi connectivity index (χ2v) is 5.95. The lowest BCUT2D eigenvalue weighted by Gasteiger charge is -2.11. The summed E-state index contributed by atoms with van der Waals surface area (Å²) >= 11 is 0. The van der Waals surface area contributed by atoms with Gasteiger partial charge < -0.3 is 20.1 Å². The van der Waals surface area contributed by atoms with Gasteiger partial charge in [-0.2, -0.15) is 0 Å². The van der Waals surface area contributed by atoms with Crippen LogP contribution in [0.4, 0.5) is 11.5 Å². The fraction of sp³-hybridized carbons (Fsp3) is 0.353. The third-order valence-electron chi connectivity index (χ3n) is 4.23. The summed E-state index contributed by atoms with van der Waals surface area (Å²) < 4.78 is 10.6. The molecule has 1 aromatic heterocycles. The predicted molar refractivity (Wildman–Crippen MR) is 87.6 cm³/mol. The zero-order valence-corrected chi connectivity index (χ0v) is 13.1. The van der Waals surface area contributed by atoms with E-state index in [0.29, 0.717) is 17.3 Å². The van der Waals surface area contributed by atoms with E-state index < -0.39 is 0 Å². The molecule has 7 heteroatoms. The van der Waals surface area contributed by atoms with Crippen LogP contribution in [0.25, 0.3) is 0 Å². The number of anilines is 2. The van der Waals surface area contributed by atoms with E-state index in [2.05, 4.69) is 20.8 Å². The van der Waals surface area contributed by atoms with Gasteiger partial charge in [-0.05, 0) is 37.1 Å². The van der Waals surface area contributed by atoms with E-state index in [0.717, 1.165) is 24.3 Å². The number of rotatable bonds is 4. The molecule has 2 aromatic rings. The molecule has 0 saturated heterocycles. The van der Waals surface area contributed by atoms with Crippen molar-refractivity contribution >= 4 is 17.4 Å². The van der Waals surface area contributed by atoms with Gasteiger partial charge in [-0.15, -0.1) is 10.2 Å². The van der Waals surface area contributed by atoms with Gasteiger partial charge in [-0.25, -0.2) is 0 Å². The molecule has 124 valence electrons. The summed E-state index contributed by atoms with van der Waals surface area (Å²) in [5, 5.41) is 14.2. The van der Waals surface area contributed by atoms with Gasteiger partial charge in [0, 0.05) is 17.8 Å². The largest absolute Gasteiger partial charge is 0.454 e. The lowest BCUT2D eigenvalue weighted by molar-refractivity contribution is 0.0932. The number of hydrogen-bond acceptors (Lipinski definition) is 6. The van der Waals surface area contributed by atoms with Crippen LogP contribution in [0.5, 0.6) is 11.5 Å². The summed E-state index contributed by atoms with van der Waals surface area (Å²) in [6.45, 7) is 0.239. The van der Waals surface area contributed by atoms with E-state index >= 15 is 0 Å². The maximum Gasteiger partial charge on any atom is 0.272 e. The Bertz CT molecular complexity index is 742. The van der Waals surface area contributed by atoms with Crippen molar-refractivity contribution in [2.45, 2.75) is 31.7 Å². The minimum absolute atomic E-state index is 0.163. The Kier molecular flexibility index (Phi) is 3.90. The smallest absolute Gasteiger partial charge is 0.272 e. The molecule has 0 bridgehead atoms. The normalized spacial score (nSPS) is 16.2. The van der Waals surface area contributed by atoms with Crippen LogP contribution in [-0.2, 0) is 0 Å². The SMILES string of the molecule is O=C(NC1CCCC1)c1ccc(Nc2ccc3c(c2)OCO3)nn1. The minimum Gasteiger partial charge on any atom is -0.454 e. The Labute approximate surface area is 139 Å². The van der Waals surface area contributed by atoms with Crippen molar-refractivity contribution in [1.29, 1.82) is 0 Å². The Morgan fingerprint density at radius 2 is 1.88 bits per heavy atom. The number of nitrogens with one attached hydrogen (secondary N) is 2. The second kappa shape index (κ2) is 6.35. The number of hydrogen-bond donors (Lipinski definition) is 2. The monoisotopic (exact) mass is 326 g/mol. The van der Waals surface area contributed by atoms with Crippen molar-refractivity contribution in [3.8, 4) is 11.5 Å². The number of carbonyl (C=O) groups excluding carboxylic acids is 1. The van der Waals surface area contributed by atoms with Crippen molar-refractivity contribution in [3.63, 3.8) is 0 Å². The van der Waals surface area contributed by atoms with Crippen LogP contribution in [0.2, 0.25) is 0 Å².